The zero-order chi connectivity index (χ0) is 13.8. The van der Waals surface area contributed by atoms with E-state index in [1.807, 2.05) is 6.07 Å². The Balaban J connectivity index is 2.23. The molecule has 0 aliphatic carbocycles. The Morgan fingerprint density at radius 1 is 1.26 bits per heavy atom. The number of hydrogen-bond acceptors (Lipinski definition) is 2. The first-order valence-electron chi connectivity index (χ1n) is 5.66. The molecule has 5 heteroatoms. The van der Waals surface area contributed by atoms with Crippen molar-refractivity contribution in [3.63, 3.8) is 0 Å². The van der Waals surface area contributed by atoms with Crippen molar-refractivity contribution in [1.29, 1.82) is 0 Å². The van der Waals surface area contributed by atoms with Gasteiger partial charge in [-0.25, -0.2) is 4.39 Å². The van der Waals surface area contributed by atoms with Gasteiger partial charge >= 0.3 is 0 Å². The smallest absolute Gasteiger partial charge is 0.256 e. The number of carbonyl (C=O) groups excluding carboxylic acids is 1. The standard InChI is InChI=1S/C14H12BrFN2O/c15-13-11(5-2-6-12(13)16)14(19)18-10-4-1-3-9(7-10)8-17/h1-7H,8,17H2,(H,18,19). The molecule has 3 N–H and O–H groups in total. The predicted octanol–water partition coefficient (Wildman–Crippen LogP) is 3.30. The van der Waals surface area contributed by atoms with E-state index >= 15 is 0 Å². The summed E-state index contributed by atoms with van der Waals surface area (Å²) in [6.45, 7) is 0.396. The number of halogens is 2. The molecule has 0 aromatic heterocycles. The molecule has 0 aliphatic heterocycles. The van der Waals surface area contributed by atoms with Crippen LogP contribution in [-0.4, -0.2) is 5.91 Å². The summed E-state index contributed by atoms with van der Waals surface area (Å²) < 4.78 is 13.5. The van der Waals surface area contributed by atoms with Crippen molar-refractivity contribution in [2.45, 2.75) is 6.54 Å². The van der Waals surface area contributed by atoms with E-state index < -0.39 is 5.82 Å². The molecule has 0 aliphatic rings. The predicted molar refractivity (Wildman–Crippen MR) is 76.4 cm³/mol. The minimum atomic E-state index is -0.469. The first-order valence-corrected chi connectivity index (χ1v) is 6.45. The fourth-order valence-electron chi connectivity index (χ4n) is 1.65. The summed E-state index contributed by atoms with van der Waals surface area (Å²) in [5, 5.41) is 2.71. The van der Waals surface area contributed by atoms with Gasteiger partial charge in [-0.3, -0.25) is 4.79 Å². The monoisotopic (exact) mass is 322 g/mol. The number of rotatable bonds is 3. The highest BCUT2D eigenvalue weighted by Gasteiger charge is 2.13. The highest BCUT2D eigenvalue weighted by molar-refractivity contribution is 9.10. The second kappa shape index (κ2) is 5.95. The van der Waals surface area contributed by atoms with Crippen LogP contribution in [0.25, 0.3) is 0 Å². The van der Waals surface area contributed by atoms with Crippen LogP contribution in [0, 0.1) is 5.82 Å². The van der Waals surface area contributed by atoms with Gasteiger partial charge in [0.25, 0.3) is 5.91 Å². The molecule has 0 unspecified atom stereocenters. The Hall–Kier alpha value is -1.72. The summed E-state index contributed by atoms with van der Waals surface area (Å²) in [6.07, 6.45) is 0. The van der Waals surface area contributed by atoms with E-state index in [0.717, 1.165) is 5.56 Å². The zero-order valence-corrected chi connectivity index (χ0v) is 11.6. The Morgan fingerprint density at radius 3 is 2.74 bits per heavy atom. The molecule has 0 radical (unpaired) electrons. The van der Waals surface area contributed by atoms with Gasteiger partial charge in [-0.2, -0.15) is 0 Å². The van der Waals surface area contributed by atoms with Gasteiger partial charge in [0.15, 0.2) is 0 Å². The molecule has 2 aromatic carbocycles. The molecular formula is C14H12BrFN2O. The Kier molecular flexibility index (Phi) is 4.29. The molecule has 0 saturated carbocycles. The van der Waals surface area contributed by atoms with E-state index in [4.69, 9.17) is 5.73 Å². The van der Waals surface area contributed by atoms with Crippen LogP contribution < -0.4 is 11.1 Å². The number of anilines is 1. The average Bonchev–Trinajstić information content (AvgIpc) is 2.42. The molecule has 19 heavy (non-hydrogen) atoms. The van der Waals surface area contributed by atoms with Gasteiger partial charge in [-0.1, -0.05) is 18.2 Å². The quantitative estimate of drug-likeness (QED) is 0.911. The van der Waals surface area contributed by atoms with E-state index in [2.05, 4.69) is 21.2 Å². The molecule has 0 bridgehead atoms. The van der Waals surface area contributed by atoms with Gasteiger partial charge in [0.2, 0.25) is 0 Å². The number of hydrogen-bond donors (Lipinski definition) is 2. The van der Waals surface area contributed by atoms with Crippen LogP contribution in [0.1, 0.15) is 15.9 Å². The van der Waals surface area contributed by atoms with Gasteiger partial charge < -0.3 is 11.1 Å². The SMILES string of the molecule is NCc1cccc(NC(=O)c2cccc(F)c2Br)c1. The largest absolute Gasteiger partial charge is 0.326 e. The molecule has 0 spiro atoms. The summed E-state index contributed by atoms with van der Waals surface area (Å²) in [4.78, 5) is 12.0. The van der Waals surface area contributed by atoms with Crippen molar-refractivity contribution in [3.8, 4) is 0 Å². The summed E-state index contributed by atoms with van der Waals surface area (Å²) in [7, 11) is 0. The molecule has 2 aromatic rings. The maximum absolute atomic E-state index is 13.4. The van der Waals surface area contributed by atoms with Crippen LogP contribution in [0.15, 0.2) is 46.9 Å². The lowest BCUT2D eigenvalue weighted by Crippen LogP contribution is -2.13. The van der Waals surface area contributed by atoms with Crippen LogP contribution in [-0.2, 0) is 6.54 Å². The van der Waals surface area contributed by atoms with E-state index in [1.54, 1.807) is 24.3 Å². The molecule has 2 rings (SSSR count). The maximum atomic E-state index is 13.4. The number of nitrogens with one attached hydrogen (secondary N) is 1. The van der Waals surface area contributed by atoms with Crippen LogP contribution in [0.3, 0.4) is 0 Å². The van der Waals surface area contributed by atoms with Gasteiger partial charge in [0.1, 0.15) is 5.82 Å². The molecular weight excluding hydrogens is 311 g/mol. The lowest BCUT2D eigenvalue weighted by atomic mass is 10.1. The minimum absolute atomic E-state index is 0.155. The highest BCUT2D eigenvalue weighted by atomic mass is 79.9. The number of nitrogens with two attached hydrogens (primary N) is 1. The zero-order valence-electron chi connectivity index (χ0n) is 9.99. The van der Waals surface area contributed by atoms with Crippen LogP contribution in [0.2, 0.25) is 0 Å². The maximum Gasteiger partial charge on any atom is 0.256 e. The molecule has 0 heterocycles. The normalized spacial score (nSPS) is 10.3. The lowest BCUT2D eigenvalue weighted by Gasteiger charge is -2.08. The Labute approximate surface area is 118 Å². The van der Waals surface area contributed by atoms with Crippen molar-refractivity contribution >= 4 is 27.5 Å². The van der Waals surface area contributed by atoms with Crippen molar-refractivity contribution < 1.29 is 9.18 Å². The Morgan fingerprint density at radius 2 is 2.00 bits per heavy atom. The third-order valence-corrected chi connectivity index (χ3v) is 3.42. The number of carbonyl (C=O) groups is 1. The average molecular weight is 323 g/mol. The van der Waals surface area contributed by atoms with Crippen molar-refractivity contribution in [3.05, 3.63) is 63.9 Å². The summed E-state index contributed by atoms with van der Waals surface area (Å²) >= 11 is 3.07. The number of amides is 1. The van der Waals surface area contributed by atoms with E-state index in [0.29, 0.717) is 12.2 Å². The van der Waals surface area contributed by atoms with Crippen molar-refractivity contribution in [1.82, 2.24) is 0 Å². The van der Waals surface area contributed by atoms with Gasteiger partial charge in [-0.15, -0.1) is 0 Å². The summed E-state index contributed by atoms with van der Waals surface area (Å²) in [5.74, 6) is -0.844. The fraction of sp³-hybridized carbons (Fsp3) is 0.0714. The molecule has 3 nitrogen and oxygen atoms in total. The third kappa shape index (κ3) is 3.19. The second-order valence-corrected chi connectivity index (χ2v) is 4.75. The van der Waals surface area contributed by atoms with Crippen LogP contribution in [0.4, 0.5) is 10.1 Å². The van der Waals surface area contributed by atoms with E-state index in [-0.39, 0.29) is 15.9 Å². The first kappa shape index (κ1) is 13.7. The molecule has 0 fully saturated rings. The lowest BCUT2D eigenvalue weighted by molar-refractivity contribution is 0.102. The third-order valence-electron chi connectivity index (χ3n) is 2.62. The highest BCUT2D eigenvalue weighted by Crippen LogP contribution is 2.21. The van der Waals surface area contributed by atoms with Crippen molar-refractivity contribution in [2.75, 3.05) is 5.32 Å². The topological polar surface area (TPSA) is 55.1 Å². The van der Waals surface area contributed by atoms with Crippen molar-refractivity contribution in [2.24, 2.45) is 5.73 Å². The van der Waals surface area contributed by atoms with Gasteiger partial charge in [0, 0.05) is 12.2 Å². The van der Waals surface area contributed by atoms with Crippen LogP contribution >= 0.6 is 15.9 Å². The van der Waals surface area contributed by atoms with Gasteiger partial charge in [0.05, 0.1) is 10.0 Å². The van der Waals surface area contributed by atoms with Gasteiger partial charge in [-0.05, 0) is 45.8 Å². The Bertz CT molecular complexity index is 616. The second-order valence-electron chi connectivity index (χ2n) is 3.96. The first-order chi connectivity index (χ1) is 9.11. The van der Waals surface area contributed by atoms with E-state index in [9.17, 15) is 9.18 Å². The molecule has 0 saturated heterocycles. The molecule has 98 valence electrons. The molecule has 0 atom stereocenters. The number of benzene rings is 2. The minimum Gasteiger partial charge on any atom is -0.326 e. The fourth-order valence-corrected chi connectivity index (χ4v) is 2.10. The van der Waals surface area contributed by atoms with Crippen LogP contribution in [0.5, 0.6) is 0 Å². The summed E-state index contributed by atoms with van der Waals surface area (Å²) in [6, 6.07) is 11.5. The van der Waals surface area contributed by atoms with E-state index in [1.165, 1.54) is 12.1 Å². The summed E-state index contributed by atoms with van der Waals surface area (Å²) in [5.41, 5.74) is 7.32. The molecule has 1 amide bonds.